The summed E-state index contributed by atoms with van der Waals surface area (Å²) in [5.41, 5.74) is 10.0. The molecule has 9 N–H and O–H groups in total. The Morgan fingerprint density at radius 1 is 0.398 bits per heavy atom. The molecule has 3 unspecified atom stereocenters. The number of carbonyl (C=O) groups excluding carboxylic acids is 9. The van der Waals surface area contributed by atoms with E-state index in [1.807, 2.05) is 122 Å². The number of ether oxygens (including phenoxy) is 1. The lowest BCUT2D eigenvalue weighted by Gasteiger charge is -2.28. The van der Waals surface area contributed by atoms with Crippen molar-refractivity contribution in [1.82, 2.24) is 46.9 Å². The van der Waals surface area contributed by atoms with E-state index in [-0.39, 0.29) is 103 Å². The molecule has 0 saturated carbocycles. The number of aromatic amines is 3. The molecule has 3 aliphatic heterocycles. The van der Waals surface area contributed by atoms with E-state index in [0.717, 1.165) is 72.7 Å². The molecule has 0 fully saturated rings. The normalized spacial score (nSPS) is 15.4. The molecule has 3 aliphatic rings. The Morgan fingerprint density at radius 3 is 1.14 bits per heavy atom. The molecule has 19 nitrogen and oxygen atoms in total. The van der Waals surface area contributed by atoms with E-state index in [1.165, 1.54) is 67.6 Å². The molecule has 6 heterocycles. The van der Waals surface area contributed by atoms with Crippen LogP contribution >= 0.6 is 0 Å². The van der Waals surface area contributed by atoms with Crippen LogP contribution in [0.25, 0.3) is 32.7 Å². The Hall–Kier alpha value is -14.0. The van der Waals surface area contributed by atoms with E-state index in [4.69, 9.17) is 4.74 Å². The predicted octanol–water partition coefficient (Wildman–Crippen LogP) is 16.1. The lowest BCUT2D eigenvalue weighted by atomic mass is 9.85. The third-order valence-corrected chi connectivity index (χ3v) is 21.0. The molecule has 0 spiro atoms. The molecule has 3 atom stereocenters. The van der Waals surface area contributed by atoms with Crippen LogP contribution in [0.1, 0.15) is 150 Å². The van der Waals surface area contributed by atoms with Crippen LogP contribution in [-0.4, -0.2) is 74.9 Å². The standard InChI is InChI=1S/C32H27F4N3O3.C31H28FN3O4.C30H26FN3O3/c1-17-4-3-5-24(32(34,35)36)23(17)16-38-31(42)22-15-21(7-8-25(22)33)30-29(18(2)12-28(41)39-30)27(40)14-19-6-9-26-20(13-19)10-11-37-26;1-18-12-28(37)35-30(29(18)27(36)15-19-6-9-26-21(13-19)10-11-33-26)22-7-8-25(32)24(16-22)31(38)34-17-20-4-3-5-23(14-20)39-2;1-18-13-27(36)34-29(28(18)26(35)15-20-7-10-25-21(14-20)11-12-32-25)22-8-9-24(31)23(16-22)30(37)33-17-19-5-3-2-4-6-19/h3-11,13,15,30,37H,12,14,16H2,1-2H3,(H,38,42)(H,39,41);3-11,13-14,16,30,33H,12,15,17H2,1-2H3,(H,34,38)(H,35,37);2-12,14,16,29,32H,13,15,17H2,1H3,(H,33,37)(H,34,36). The molecule has 0 bridgehead atoms. The largest absolute Gasteiger partial charge is 0.497 e. The number of alkyl halides is 3. The Labute approximate surface area is 673 Å². The van der Waals surface area contributed by atoms with E-state index in [2.05, 4.69) is 46.9 Å². The molecule has 3 aromatic heterocycles. The van der Waals surface area contributed by atoms with E-state index in [1.54, 1.807) is 52.3 Å². The first-order chi connectivity index (χ1) is 56.6. The summed E-state index contributed by atoms with van der Waals surface area (Å²) >= 11 is 0. The maximum absolute atomic E-state index is 14.8. The van der Waals surface area contributed by atoms with Crippen molar-refractivity contribution >= 4 is 85.5 Å². The first kappa shape index (κ1) is 82.0. The second-order valence-corrected chi connectivity index (χ2v) is 29.3. The maximum Gasteiger partial charge on any atom is 0.416 e. The number of nitrogens with one attached hydrogen (secondary N) is 9. The van der Waals surface area contributed by atoms with E-state index in [9.17, 15) is 69.5 Å². The van der Waals surface area contributed by atoms with Crippen LogP contribution < -0.4 is 36.6 Å². The SMILES string of the molecule is CC1=C(C(=O)Cc2ccc3[nH]ccc3c2)C(c2ccc(F)c(C(=O)NCc3c(C)cccc3C(F)(F)F)c2)NC(=O)C1.CC1=C(C(=O)Cc2ccc3[nH]ccc3c2)C(c2ccc(F)c(C(=O)NCc3ccccc3)c2)NC(=O)C1.COc1cccc(CNC(=O)c2cc(C3NC(=O)CC(C)=C3C(=O)Cc3ccc4[nH]ccc4c3)ccc2F)c1. The number of carbonyl (C=O) groups is 9. The van der Waals surface area contributed by atoms with E-state index in [0.29, 0.717) is 61.4 Å². The fourth-order valence-electron chi connectivity index (χ4n) is 15.1. The number of rotatable bonds is 22. The van der Waals surface area contributed by atoms with Crippen molar-refractivity contribution in [3.63, 3.8) is 0 Å². The van der Waals surface area contributed by atoms with Gasteiger partial charge in [-0.25, -0.2) is 13.2 Å². The highest BCUT2D eigenvalue weighted by molar-refractivity contribution is 6.05. The summed E-state index contributed by atoms with van der Waals surface area (Å²) in [6.45, 7) is 6.66. The molecule has 118 heavy (non-hydrogen) atoms. The number of Topliss-reactive ketones (excluding diaryl/α,β-unsaturated/α-hetero) is 3. The molecule has 15 rings (SSSR count). The molecule has 25 heteroatoms. The zero-order valence-corrected chi connectivity index (χ0v) is 64.7. The van der Waals surface area contributed by atoms with Crippen molar-refractivity contribution in [2.24, 2.45) is 0 Å². The topological polar surface area (TPSA) is 282 Å². The summed E-state index contributed by atoms with van der Waals surface area (Å²) in [6, 6.07) is 52.5. The summed E-state index contributed by atoms with van der Waals surface area (Å²) in [5.74, 6) is -5.03. The summed E-state index contributed by atoms with van der Waals surface area (Å²) < 4.78 is 90.1. The quantitative estimate of drug-likeness (QED) is 0.0289. The Kier molecular flexibility index (Phi) is 24.9. The number of hydrogen-bond donors (Lipinski definition) is 9. The number of methoxy groups -OCH3 is 1. The molecule has 600 valence electrons. The fraction of sp³-hybridized carbons (Fsp3) is 0.194. The highest BCUT2D eigenvalue weighted by Crippen LogP contribution is 2.38. The van der Waals surface area contributed by atoms with Gasteiger partial charge in [0.05, 0.1) is 47.5 Å². The maximum atomic E-state index is 14.8. The van der Waals surface area contributed by atoms with Crippen molar-refractivity contribution < 1.29 is 74.2 Å². The smallest absolute Gasteiger partial charge is 0.416 e. The number of ketones is 3. The van der Waals surface area contributed by atoms with Crippen LogP contribution in [0.15, 0.2) is 252 Å². The van der Waals surface area contributed by atoms with Gasteiger partial charge in [0, 0.05) is 110 Å². The number of aromatic nitrogens is 3. The minimum absolute atomic E-state index is 0.0148. The van der Waals surface area contributed by atoms with Gasteiger partial charge in [-0.2, -0.15) is 13.2 Å². The zero-order chi connectivity index (χ0) is 83.6. The summed E-state index contributed by atoms with van der Waals surface area (Å²) in [5, 5.41) is 19.3. The number of fused-ring (bicyclic) bond motifs is 3. The van der Waals surface area contributed by atoms with Crippen LogP contribution in [0.2, 0.25) is 0 Å². The van der Waals surface area contributed by atoms with Crippen LogP contribution in [0, 0.1) is 24.4 Å². The van der Waals surface area contributed by atoms with Crippen LogP contribution in [0.4, 0.5) is 26.3 Å². The van der Waals surface area contributed by atoms with Gasteiger partial charge in [-0.1, -0.05) is 108 Å². The molecule has 0 saturated heterocycles. The molecular formula is C93H81F6N9O10. The highest BCUT2D eigenvalue weighted by Gasteiger charge is 2.37. The Balaban J connectivity index is 0.000000154. The Bertz CT molecular complexity index is 6070. The lowest BCUT2D eigenvalue weighted by Crippen LogP contribution is -2.37. The third kappa shape index (κ3) is 19.2. The molecule has 0 aliphatic carbocycles. The van der Waals surface area contributed by atoms with Gasteiger partial charge in [-0.3, -0.25) is 43.2 Å². The van der Waals surface area contributed by atoms with Gasteiger partial charge in [-0.05, 0) is 209 Å². The minimum atomic E-state index is -4.63. The number of amides is 6. The van der Waals surface area contributed by atoms with Gasteiger partial charge in [0.1, 0.15) is 23.2 Å². The first-order valence-electron chi connectivity index (χ1n) is 37.9. The summed E-state index contributed by atoms with van der Waals surface area (Å²) in [7, 11) is 1.55. The average Bonchev–Trinajstić information content (AvgIpc) is 0.799. The van der Waals surface area contributed by atoms with Gasteiger partial charge >= 0.3 is 6.18 Å². The summed E-state index contributed by atoms with van der Waals surface area (Å²) in [4.78, 5) is 126. The van der Waals surface area contributed by atoms with Crippen molar-refractivity contribution in [1.29, 1.82) is 0 Å². The van der Waals surface area contributed by atoms with Crippen molar-refractivity contribution in [2.45, 2.75) is 110 Å². The second kappa shape index (κ2) is 35.8. The van der Waals surface area contributed by atoms with Crippen molar-refractivity contribution in [2.75, 3.05) is 7.11 Å². The summed E-state index contributed by atoms with van der Waals surface area (Å²) in [6.07, 6.45) is 1.45. The zero-order valence-electron chi connectivity index (χ0n) is 64.7. The molecule has 6 amide bonds. The molecule has 0 radical (unpaired) electrons. The van der Waals surface area contributed by atoms with Gasteiger partial charge in [0.2, 0.25) is 17.7 Å². The number of hydrogen-bond acceptors (Lipinski definition) is 10. The highest BCUT2D eigenvalue weighted by atomic mass is 19.4. The van der Waals surface area contributed by atoms with Crippen molar-refractivity contribution in [3.05, 3.63) is 348 Å². The Morgan fingerprint density at radius 2 is 0.763 bits per heavy atom. The van der Waals surface area contributed by atoms with Crippen molar-refractivity contribution in [3.8, 4) is 5.75 Å². The van der Waals surface area contributed by atoms with E-state index >= 15 is 0 Å². The monoisotopic (exact) mass is 1600 g/mol. The van der Waals surface area contributed by atoms with Gasteiger partial charge < -0.3 is 51.6 Å². The van der Waals surface area contributed by atoms with E-state index < -0.39 is 77.1 Å². The van der Waals surface area contributed by atoms with Crippen LogP contribution in [0.5, 0.6) is 5.75 Å². The predicted molar refractivity (Wildman–Crippen MR) is 434 cm³/mol. The van der Waals surface area contributed by atoms with Gasteiger partial charge in [-0.15, -0.1) is 0 Å². The fourth-order valence-corrected chi connectivity index (χ4v) is 15.1. The first-order valence-corrected chi connectivity index (χ1v) is 37.9. The van der Waals surface area contributed by atoms with Gasteiger partial charge in [0.15, 0.2) is 17.3 Å². The number of H-pyrrole nitrogens is 3. The molecule has 12 aromatic rings. The second-order valence-electron chi connectivity index (χ2n) is 29.3. The van der Waals surface area contributed by atoms with Crippen LogP contribution in [0.3, 0.4) is 0 Å². The average molecular weight is 1600 g/mol. The number of halogens is 6. The minimum Gasteiger partial charge on any atom is -0.497 e. The number of benzene rings is 9. The molecular weight excluding hydrogens is 1520 g/mol. The third-order valence-electron chi connectivity index (χ3n) is 21.0. The van der Waals surface area contributed by atoms with Crippen LogP contribution in [-0.2, 0) is 73.8 Å². The molecule has 9 aromatic carbocycles. The van der Waals surface area contributed by atoms with Gasteiger partial charge in [0.25, 0.3) is 17.7 Å². The number of aryl methyl sites for hydroxylation is 1. The lowest BCUT2D eigenvalue weighted by molar-refractivity contribution is -0.138.